The monoisotopic (exact) mass is 357 g/mol. The van der Waals surface area contributed by atoms with Crippen molar-refractivity contribution >= 4 is 11.7 Å². The average molecular weight is 357 g/mol. The van der Waals surface area contributed by atoms with Gasteiger partial charge < -0.3 is 20.1 Å². The molecule has 0 radical (unpaired) electrons. The number of ether oxygens (including phenoxy) is 2. The largest absolute Gasteiger partial charge is 0.496 e. The van der Waals surface area contributed by atoms with Crippen LogP contribution in [-0.4, -0.2) is 45.3 Å². The first-order chi connectivity index (χ1) is 12.5. The lowest BCUT2D eigenvalue weighted by molar-refractivity contribution is 0.0963. The van der Waals surface area contributed by atoms with Crippen LogP contribution in [0, 0.1) is 0 Å². The Bertz CT molecular complexity index is 760. The molecule has 1 aromatic carbocycles. The Morgan fingerprint density at radius 2 is 1.96 bits per heavy atom. The van der Waals surface area contributed by atoms with E-state index in [0.717, 1.165) is 17.0 Å². The third kappa shape index (κ3) is 4.52. The summed E-state index contributed by atoms with van der Waals surface area (Å²) in [5.41, 5.74) is 3.34. The van der Waals surface area contributed by atoms with Crippen molar-refractivity contribution in [1.29, 1.82) is 0 Å². The molecule has 0 aliphatic rings. The number of methoxy groups -OCH3 is 2. The molecule has 6 heteroatoms. The van der Waals surface area contributed by atoms with Crippen molar-refractivity contribution < 1.29 is 14.3 Å². The van der Waals surface area contributed by atoms with Gasteiger partial charge in [-0.1, -0.05) is 19.9 Å². The van der Waals surface area contributed by atoms with Crippen molar-refractivity contribution in [2.45, 2.75) is 19.8 Å². The first-order valence-corrected chi connectivity index (χ1v) is 8.66. The first kappa shape index (κ1) is 19.7. The van der Waals surface area contributed by atoms with Gasteiger partial charge in [0.25, 0.3) is 5.91 Å². The molecule has 0 aliphatic heterocycles. The second kappa shape index (κ2) is 9.20. The lowest BCUT2D eigenvalue weighted by atomic mass is 9.98. The van der Waals surface area contributed by atoms with Crippen LogP contribution in [0.5, 0.6) is 5.75 Å². The van der Waals surface area contributed by atoms with Crippen LogP contribution in [0.2, 0.25) is 0 Å². The molecular weight excluding hydrogens is 330 g/mol. The Hall–Kier alpha value is -2.60. The summed E-state index contributed by atoms with van der Waals surface area (Å²) in [6, 6.07) is 9.72. The molecule has 6 nitrogen and oxygen atoms in total. The molecular formula is C20H27N3O3. The van der Waals surface area contributed by atoms with E-state index in [4.69, 9.17) is 9.47 Å². The second-order valence-corrected chi connectivity index (χ2v) is 6.21. The Balaban J connectivity index is 2.51. The Morgan fingerprint density at radius 3 is 2.58 bits per heavy atom. The highest BCUT2D eigenvalue weighted by Crippen LogP contribution is 2.33. The van der Waals surface area contributed by atoms with E-state index in [1.54, 1.807) is 27.3 Å². The molecule has 0 spiro atoms. The molecule has 140 valence electrons. The summed E-state index contributed by atoms with van der Waals surface area (Å²) >= 11 is 0. The molecule has 0 saturated heterocycles. The molecule has 0 unspecified atom stereocenters. The highest BCUT2D eigenvalue weighted by Gasteiger charge is 2.16. The number of hydrogen-bond acceptors (Lipinski definition) is 5. The second-order valence-electron chi connectivity index (χ2n) is 6.21. The van der Waals surface area contributed by atoms with E-state index in [9.17, 15) is 4.79 Å². The van der Waals surface area contributed by atoms with Crippen molar-refractivity contribution in [1.82, 2.24) is 10.3 Å². The quantitative estimate of drug-likeness (QED) is 0.709. The number of hydrogen-bond donors (Lipinski definition) is 2. The van der Waals surface area contributed by atoms with Crippen molar-refractivity contribution in [2.75, 3.05) is 39.7 Å². The number of carbonyl (C=O) groups excluding carboxylic acids is 1. The Kier molecular flexibility index (Phi) is 6.97. The van der Waals surface area contributed by atoms with Gasteiger partial charge >= 0.3 is 0 Å². The van der Waals surface area contributed by atoms with E-state index in [2.05, 4.69) is 41.6 Å². The Morgan fingerprint density at radius 1 is 1.19 bits per heavy atom. The zero-order valence-electron chi connectivity index (χ0n) is 16.1. The van der Waals surface area contributed by atoms with Gasteiger partial charge in [-0.2, -0.15) is 0 Å². The highest BCUT2D eigenvalue weighted by molar-refractivity contribution is 5.99. The van der Waals surface area contributed by atoms with Crippen molar-refractivity contribution in [3.05, 3.63) is 41.5 Å². The van der Waals surface area contributed by atoms with E-state index in [1.807, 2.05) is 12.1 Å². The fraction of sp³-hybridized carbons (Fsp3) is 0.400. The van der Waals surface area contributed by atoms with Gasteiger partial charge in [0.15, 0.2) is 0 Å². The summed E-state index contributed by atoms with van der Waals surface area (Å²) < 4.78 is 10.6. The van der Waals surface area contributed by atoms with E-state index in [-0.39, 0.29) is 5.91 Å². The minimum absolute atomic E-state index is 0.188. The van der Waals surface area contributed by atoms with E-state index < -0.39 is 0 Å². The summed E-state index contributed by atoms with van der Waals surface area (Å²) in [4.78, 5) is 16.8. The number of aromatic nitrogens is 1. The van der Waals surface area contributed by atoms with E-state index in [0.29, 0.717) is 30.5 Å². The third-order valence-corrected chi connectivity index (χ3v) is 4.13. The normalized spacial score (nSPS) is 10.7. The zero-order valence-corrected chi connectivity index (χ0v) is 16.1. The van der Waals surface area contributed by atoms with Crippen LogP contribution in [0.1, 0.15) is 35.7 Å². The number of benzene rings is 1. The molecule has 1 amide bonds. The van der Waals surface area contributed by atoms with Crippen LogP contribution < -0.4 is 15.4 Å². The molecule has 0 aliphatic carbocycles. The molecule has 2 N–H and O–H groups in total. The van der Waals surface area contributed by atoms with Crippen molar-refractivity contribution in [2.24, 2.45) is 0 Å². The Labute approximate surface area is 154 Å². The summed E-state index contributed by atoms with van der Waals surface area (Å²) in [6.45, 7) is 5.36. The molecule has 0 bridgehead atoms. The van der Waals surface area contributed by atoms with Gasteiger partial charge in [-0.05, 0) is 35.7 Å². The molecule has 1 heterocycles. The topological polar surface area (TPSA) is 72.5 Å². The summed E-state index contributed by atoms with van der Waals surface area (Å²) in [6.07, 6.45) is 0. The zero-order chi connectivity index (χ0) is 19.1. The number of anilines is 1. The van der Waals surface area contributed by atoms with Gasteiger partial charge in [-0.15, -0.1) is 0 Å². The van der Waals surface area contributed by atoms with Crippen LogP contribution in [0.3, 0.4) is 0 Å². The number of nitrogens with one attached hydrogen (secondary N) is 2. The van der Waals surface area contributed by atoms with Crippen LogP contribution in [0.4, 0.5) is 5.82 Å². The van der Waals surface area contributed by atoms with Crippen LogP contribution in [-0.2, 0) is 4.74 Å². The van der Waals surface area contributed by atoms with Gasteiger partial charge in [0.1, 0.15) is 11.6 Å². The number of nitrogens with zero attached hydrogens (tertiary/aromatic N) is 1. The minimum atomic E-state index is -0.188. The predicted octanol–water partition coefficient (Wildman–Crippen LogP) is 3.30. The molecule has 26 heavy (non-hydrogen) atoms. The SMILES string of the molecule is CNC(=O)c1ccc(-c2cc(C(C)C)ccc2OC)nc1NCCOC. The fourth-order valence-electron chi connectivity index (χ4n) is 2.62. The van der Waals surface area contributed by atoms with E-state index in [1.165, 1.54) is 5.56 Å². The third-order valence-electron chi connectivity index (χ3n) is 4.13. The average Bonchev–Trinajstić information content (AvgIpc) is 2.66. The van der Waals surface area contributed by atoms with Crippen LogP contribution >= 0.6 is 0 Å². The predicted molar refractivity (Wildman–Crippen MR) is 104 cm³/mol. The molecule has 0 fully saturated rings. The van der Waals surface area contributed by atoms with Gasteiger partial charge in [0.2, 0.25) is 0 Å². The smallest absolute Gasteiger partial charge is 0.254 e. The van der Waals surface area contributed by atoms with Gasteiger partial charge in [0, 0.05) is 26.3 Å². The number of pyridine rings is 1. The summed E-state index contributed by atoms with van der Waals surface area (Å²) in [5, 5.41) is 5.82. The van der Waals surface area contributed by atoms with E-state index >= 15 is 0 Å². The molecule has 2 rings (SSSR count). The number of rotatable bonds is 8. The lowest BCUT2D eigenvalue weighted by Crippen LogP contribution is -2.21. The fourth-order valence-corrected chi connectivity index (χ4v) is 2.62. The summed E-state index contributed by atoms with van der Waals surface area (Å²) in [5.74, 6) is 1.48. The van der Waals surface area contributed by atoms with Crippen molar-refractivity contribution in [3.8, 4) is 17.0 Å². The minimum Gasteiger partial charge on any atom is -0.496 e. The molecule has 0 atom stereocenters. The first-order valence-electron chi connectivity index (χ1n) is 8.66. The van der Waals surface area contributed by atoms with Crippen LogP contribution in [0.25, 0.3) is 11.3 Å². The molecule has 1 aromatic heterocycles. The lowest BCUT2D eigenvalue weighted by Gasteiger charge is -2.15. The van der Waals surface area contributed by atoms with Crippen molar-refractivity contribution in [3.63, 3.8) is 0 Å². The maximum Gasteiger partial charge on any atom is 0.254 e. The maximum absolute atomic E-state index is 12.1. The molecule has 0 saturated carbocycles. The maximum atomic E-state index is 12.1. The standard InChI is InChI=1S/C20H27N3O3/c1-13(2)14-6-9-18(26-5)16(12-14)17-8-7-15(20(24)21-3)19(23-17)22-10-11-25-4/h6-9,12-13H,10-11H2,1-5H3,(H,21,24)(H,22,23). The van der Waals surface area contributed by atoms with Gasteiger partial charge in [0.05, 0.1) is 25.0 Å². The number of carbonyl (C=O) groups is 1. The number of amides is 1. The van der Waals surface area contributed by atoms with Gasteiger partial charge in [-0.3, -0.25) is 4.79 Å². The van der Waals surface area contributed by atoms with Gasteiger partial charge in [-0.25, -0.2) is 4.98 Å². The molecule has 2 aromatic rings. The highest BCUT2D eigenvalue weighted by atomic mass is 16.5. The van der Waals surface area contributed by atoms with Crippen LogP contribution in [0.15, 0.2) is 30.3 Å². The summed E-state index contributed by atoms with van der Waals surface area (Å²) in [7, 11) is 4.88.